The van der Waals surface area contributed by atoms with Gasteiger partial charge in [0, 0.05) is 17.4 Å². The van der Waals surface area contributed by atoms with E-state index in [0.29, 0.717) is 0 Å². The molecule has 0 atom stereocenters. The smallest absolute Gasteiger partial charge is 0.166 e. The van der Waals surface area contributed by atoms with Crippen molar-refractivity contribution >= 4 is 23.2 Å². The third kappa shape index (κ3) is 7.05. The maximum absolute atomic E-state index is 12.0. The van der Waals surface area contributed by atoms with Gasteiger partial charge in [0.1, 0.15) is 0 Å². The van der Waals surface area contributed by atoms with Gasteiger partial charge in [0.25, 0.3) is 0 Å². The second-order valence-electron chi connectivity index (χ2n) is 3.96. The fraction of sp³-hybridized carbons (Fsp3) is 0.143. The van der Waals surface area contributed by atoms with Crippen molar-refractivity contribution < 1.29 is 43.7 Å². The van der Waals surface area contributed by atoms with Crippen LogP contribution in [0.15, 0.2) is 48.5 Å². The van der Waals surface area contributed by atoms with E-state index in [1.54, 1.807) is 0 Å². The van der Waals surface area contributed by atoms with Crippen LogP contribution in [0.4, 0.5) is 26.3 Å². The summed E-state index contributed by atoms with van der Waals surface area (Å²) in [6.45, 7) is 0. The average molecular weight is 413 g/mol. The summed E-state index contributed by atoms with van der Waals surface area (Å²) in [5.41, 5.74) is -1.58. The van der Waals surface area contributed by atoms with Gasteiger partial charge < -0.3 is 0 Å². The molecule has 0 heterocycles. The van der Waals surface area contributed by atoms with Crippen molar-refractivity contribution in [2.24, 2.45) is 0 Å². The SMILES string of the molecule is FC(F)(F)c1ccccc1Cl.FC(F)(F)c1ccccc1Cl.[Cr]. The van der Waals surface area contributed by atoms with Crippen molar-refractivity contribution in [3.63, 3.8) is 0 Å². The summed E-state index contributed by atoms with van der Waals surface area (Å²) in [5.74, 6) is 0. The van der Waals surface area contributed by atoms with E-state index in [9.17, 15) is 26.3 Å². The van der Waals surface area contributed by atoms with Crippen molar-refractivity contribution in [1.82, 2.24) is 0 Å². The van der Waals surface area contributed by atoms with Gasteiger partial charge in [-0.05, 0) is 24.3 Å². The van der Waals surface area contributed by atoms with E-state index in [-0.39, 0.29) is 27.4 Å². The van der Waals surface area contributed by atoms with Crippen LogP contribution in [0.2, 0.25) is 10.0 Å². The monoisotopic (exact) mass is 412 g/mol. The Labute approximate surface area is 149 Å². The van der Waals surface area contributed by atoms with E-state index >= 15 is 0 Å². The van der Waals surface area contributed by atoms with Crippen LogP contribution in [0, 0.1) is 0 Å². The van der Waals surface area contributed by atoms with Crippen molar-refractivity contribution in [2.75, 3.05) is 0 Å². The molecule has 0 saturated heterocycles. The molecule has 2 aromatic rings. The number of alkyl halides is 6. The van der Waals surface area contributed by atoms with Crippen LogP contribution >= 0.6 is 23.2 Å². The van der Waals surface area contributed by atoms with Crippen LogP contribution < -0.4 is 0 Å². The van der Waals surface area contributed by atoms with Gasteiger partial charge in [-0.25, -0.2) is 0 Å². The first-order valence-corrected chi connectivity index (χ1v) is 6.42. The minimum Gasteiger partial charge on any atom is -0.166 e. The van der Waals surface area contributed by atoms with Gasteiger partial charge in [0.15, 0.2) is 0 Å². The Morgan fingerprint density at radius 2 is 0.826 bits per heavy atom. The van der Waals surface area contributed by atoms with Crippen LogP contribution in [0.1, 0.15) is 11.1 Å². The van der Waals surface area contributed by atoms with Crippen molar-refractivity contribution in [3.8, 4) is 0 Å². The Morgan fingerprint density at radius 1 is 0.565 bits per heavy atom. The number of halogens is 8. The zero-order valence-electron chi connectivity index (χ0n) is 11.1. The normalized spacial score (nSPS) is 11.1. The van der Waals surface area contributed by atoms with Crippen molar-refractivity contribution in [3.05, 3.63) is 69.7 Å². The van der Waals surface area contributed by atoms with Crippen molar-refractivity contribution in [2.45, 2.75) is 12.4 Å². The van der Waals surface area contributed by atoms with Gasteiger partial charge in [-0.15, -0.1) is 0 Å². The van der Waals surface area contributed by atoms with E-state index in [2.05, 4.69) is 0 Å². The summed E-state index contributed by atoms with van der Waals surface area (Å²) < 4.78 is 71.8. The molecule has 2 rings (SSSR count). The molecule has 23 heavy (non-hydrogen) atoms. The Kier molecular flexibility index (Phi) is 8.50. The van der Waals surface area contributed by atoms with E-state index in [0.717, 1.165) is 12.1 Å². The van der Waals surface area contributed by atoms with Gasteiger partial charge >= 0.3 is 12.4 Å². The Balaban J connectivity index is 0.000000403. The molecule has 2 aromatic carbocycles. The van der Waals surface area contributed by atoms with Gasteiger partial charge in [-0.3, -0.25) is 0 Å². The zero-order valence-corrected chi connectivity index (χ0v) is 13.8. The third-order valence-corrected chi connectivity index (χ3v) is 3.02. The summed E-state index contributed by atoms with van der Waals surface area (Å²) in [7, 11) is 0. The van der Waals surface area contributed by atoms with Crippen LogP contribution in [0.3, 0.4) is 0 Å². The third-order valence-electron chi connectivity index (χ3n) is 2.36. The second kappa shape index (κ2) is 8.84. The van der Waals surface area contributed by atoms with Crippen molar-refractivity contribution in [1.29, 1.82) is 0 Å². The molecule has 0 aliphatic heterocycles. The summed E-state index contributed by atoms with van der Waals surface area (Å²) in [6.07, 6.45) is -8.70. The first kappa shape index (κ1) is 22.1. The summed E-state index contributed by atoms with van der Waals surface area (Å²) in [5, 5.41) is -0.528. The van der Waals surface area contributed by atoms with Gasteiger partial charge in [-0.2, -0.15) is 26.3 Å². The minimum atomic E-state index is -4.35. The molecular formula is C14H8Cl2CrF6. The molecule has 0 nitrogen and oxygen atoms in total. The van der Waals surface area contributed by atoms with Gasteiger partial charge in [0.05, 0.1) is 21.2 Å². The maximum atomic E-state index is 12.0. The molecule has 0 unspecified atom stereocenters. The molecule has 0 fully saturated rings. The average Bonchev–Trinajstić information content (AvgIpc) is 2.37. The molecule has 126 valence electrons. The van der Waals surface area contributed by atoms with Crippen LogP contribution in [-0.4, -0.2) is 0 Å². The number of benzene rings is 2. The predicted molar refractivity (Wildman–Crippen MR) is 72.9 cm³/mol. The van der Waals surface area contributed by atoms with Crippen LogP contribution in [0.25, 0.3) is 0 Å². The number of hydrogen-bond acceptors (Lipinski definition) is 0. The molecule has 0 aliphatic carbocycles. The molecule has 9 heteroatoms. The van der Waals surface area contributed by atoms with E-state index in [1.165, 1.54) is 36.4 Å². The molecule has 0 N–H and O–H groups in total. The first-order chi connectivity index (χ1) is 10.0. The fourth-order valence-electron chi connectivity index (χ4n) is 1.38. The molecule has 0 amide bonds. The number of hydrogen-bond donors (Lipinski definition) is 0. The maximum Gasteiger partial charge on any atom is 0.417 e. The predicted octanol–water partition coefficient (Wildman–Crippen LogP) is 6.72. The Morgan fingerprint density at radius 3 is 1.00 bits per heavy atom. The summed E-state index contributed by atoms with van der Waals surface area (Å²) in [4.78, 5) is 0. The van der Waals surface area contributed by atoms with Gasteiger partial charge in [-0.1, -0.05) is 47.5 Å². The number of rotatable bonds is 0. The molecule has 0 aliphatic rings. The van der Waals surface area contributed by atoms with Crippen LogP contribution in [-0.2, 0) is 29.7 Å². The van der Waals surface area contributed by atoms with E-state index in [4.69, 9.17) is 23.2 Å². The molecule has 0 spiro atoms. The Hall–Kier alpha value is -0.868. The minimum absolute atomic E-state index is 0. The van der Waals surface area contributed by atoms with Gasteiger partial charge in [0.2, 0.25) is 0 Å². The molecule has 0 saturated carbocycles. The first-order valence-electron chi connectivity index (χ1n) is 5.67. The van der Waals surface area contributed by atoms with E-state index in [1.807, 2.05) is 0 Å². The molecular weight excluding hydrogens is 405 g/mol. The fourth-order valence-corrected chi connectivity index (χ4v) is 1.87. The zero-order chi connectivity index (χ0) is 17.0. The molecule has 0 radical (unpaired) electrons. The van der Waals surface area contributed by atoms with Crippen LogP contribution in [0.5, 0.6) is 0 Å². The Bertz CT molecular complexity index is 570. The molecule has 0 aromatic heterocycles. The summed E-state index contributed by atoms with van der Waals surface area (Å²) >= 11 is 10.6. The standard InChI is InChI=1S/2C7H4ClF3.Cr/c2*8-6-4-2-1-3-5(6)7(9,10)11;/h2*1-4H;. The molecule has 0 bridgehead atoms. The quantitative estimate of drug-likeness (QED) is 0.421. The summed E-state index contributed by atoms with van der Waals surface area (Å²) in [6, 6.07) is 9.83. The largest absolute Gasteiger partial charge is 0.417 e. The second-order valence-corrected chi connectivity index (χ2v) is 4.77. The topological polar surface area (TPSA) is 0 Å². The van der Waals surface area contributed by atoms with E-state index < -0.39 is 23.5 Å².